The van der Waals surface area contributed by atoms with Crippen molar-refractivity contribution < 1.29 is 42.3 Å². The molecule has 1 amide bonds. The topological polar surface area (TPSA) is 125 Å². The number of hydrogen-bond acceptors (Lipinski definition) is 11. The van der Waals surface area contributed by atoms with Gasteiger partial charge in [-0.2, -0.15) is 0 Å². The Morgan fingerprint density at radius 3 is 2.58 bits per heavy atom. The summed E-state index contributed by atoms with van der Waals surface area (Å²) in [5.41, 5.74) is 0.824. The first kappa shape index (κ1) is 29.2. The summed E-state index contributed by atoms with van der Waals surface area (Å²) in [4.78, 5) is 28.8. The van der Waals surface area contributed by atoms with Crippen LogP contribution < -0.4 is 28.1 Å². The standard InChI is InChI=1S/C31H38BN2O9SSi/c1-14-22(35)21-20(25-23(14)39-13-40-25)17-12-31(21)26(28(37)41-31)34(17)27(36)16-11-30(5,33-16)15-9-18(42-44-32)24(38-6)19(10-15)43-45(7,8)29(2,3)4/h9-10,16-17,26,32-33,35H,11-13H2,1-8H3/t16-,17-,26+,30?,31-/m0/s1/i32T. The Hall–Kier alpha value is -3.23. The van der Waals surface area contributed by atoms with Gasteiger partial charge >= 0.3 is 5.97 Å². The fourth-order valence-corrected chi connectivity index (χ4v) is 8.58. The van der Waals surface area contributed by atoms with Crippen molar-refractivity contribution in [2.45, 2.75) is 94.9 Å². The molecule has 0 aromatic heterocycles. The molecule has 7 rings (SSSR count). The van der Waals surface area contributed by atoms with Crippen molar-refractivity contribution in [1.29, 1.82) is 1.34 Å². The third-order valence-corrected chi connectivity index (χ3v) is 15.3. The molecule has 45 heavy (non-hydrogen) atoms. The van der Waals surface area contributed by atoms with Gasteiger partial charge in [0.15, 0.2) is 34.6 Å². The Labute approximate surface area is 270 Å². The highest BCUT2D eigenvalue weighted by Gasteiger charge is 2.75. The van der Waals surface area contributed by atoms with E-state index in [-0.39, 0.29) is 23.5 Å². The van der Waals surface area contributed by atoms with Gasteiger partial charge < -0.3 is 37.6 Å². The van der Waals surface area contributed by atoms with E-state index >= 15 is 0 Å². The number of carbonyl (C=O) groups excluding carboxylic acids is 2. The van der Waals surface area contributed by atoms with Crippen molar-refractivity contribution in [3.05, 3.63) is 34.4 Å². The molecule has 11 nitrogen and oxygen atoms in total. The zero-order valence-electron chi connectivity index (χ0n) is 27.7. The summed E-state index contributed by atoms with van der Waals surface area (Å²) in [5, 5.41) is 14.6. The van der Waals surface area contributed by atoms with E-state index in [9.17, 15) is 14.7 Å². The number of nitrogens with one attached hydrogen (secondary N) is 1. The van der Waals surface area contributed by atoms with Gasteiger partial charge in [-0.05, 0) is 69.3 Å². The highest BCUT2D eigenvalue weighted by molar-refractivity contribution is 8.16. The minimum atomic E-state index is -2.29. The van der Waals surface area contributed by atoms with Gasteiger partial charge in [-0.25, -0.2) is 4.79 Å². The van der Waals surface area contributed by atoms with Gasteiger partial charge in [0.05, 0.1) is 19.2 Å². The number of fused-ring (bicyclic) bond motifs is 5. The lowest BCUT2D eigenvalue weighted by molar-refractivity contribution is -0.209. The van der Waals surface area contributed by atoms with Gasteiger partial charge in [0.2, 0.25) is 25.5 Å². The van der Waals surface area contributed by atoms with Crippen LogP contribution in [0.15, 0.2) is 12.1 Å². The molecule has 3 fully saturated rings. The van der Waals surface area contributed by atoms with Crippen LogP contribution in [-0.4, -0.2) is 64.6 Å². The largest absolute Gasteiger partial charge is 0.541 e. The Balaban J connectivity index is 1.19. The summed E-state index contributed by atoms with van der Waals surface area (Å²) in [6.45, 7) is 14.5. The van der Waals surface area contributed by atoms with E-state index in [2.05, 4.69) is 39.2 Å². The lowest BCUT2D eigenvalue weighted by Gasteiger charge is -2.52. The van der Waals surface area contributed by atoms with Crippen LogP contribution in [0, 0.1) is 6.92 Å². The first-order chi connectivity index (χ1) is 21.6. The predicted molar refractivity (Wildman–Crippen MR) is 170 cm³/mol. The van der Waals surface area contributed by atoms with E-state index in [4.69, 9.17) is 28.9 Å². The number of benzene rings is 2. The smallest absolute Gasteiger partial charge is 0.334 e. The maximum Gasteiger partial charge on any atom is 0.334 e. The third kappa shape index (κ3) is 4.00. The Morgan fingerprint density at radius 2 is 1.93 bits per heavy atom. The van der Waals surface area contributed by atoms with E-state index in [0.717, 1.165) is 24.5 Å². The number of methoxy groups -OCH3 is 1. The number of nitrogens with zero attached hydrogens (tertiary/aromatic N) is 1. The number of esters is 1. The number of hydrogen-bond donors (Lipinski definition) is 2. The van der Waals surface area contributed by atoms with Crippen LogP contribution in [0.4, 0.5) is 0 Å². The maximum absolute atomic E-state index is 14.2. The number of ether oxygens (including phenoxy) is 4. The Kier molecular flexibility index (Phi) is 6.26. The number of amides is 1. The molecule has 2 aromatic rings. The number of carbonyl (C=O) groups is 2. The molecule has 2 aromatic carbocycles. The maximum atomic E-state index is 14.2. The summed E-state index contributed by atoms with van der Waals surface area (Å²) in [6.07, 6.45) is 0.801. The second-order valence-electron chi connectivity index (χ2n) is 14.3. The lowest BCUT2D eigenvalue weighted by Crippen LogP contribution is -2.70. The molecule has 1 spiro atoms. The zero-order valence-corrected chi connectivity index (χ0v) is 28.5. The molecular weight excluding hydrogens is 615 g/mol. The van der Waals surface area contributed by atoms with Crippen molar-refractivity contribution in [2.24, 2.45) is 0 Å². The molecule has 3 saturated heterocycles. The number of likely N-dealkylation sites (tertiary alicyclic amines) is 1. The van der Waals surface area contributed by atoms with E-state index in [0.29, 0.717) is 58.3 Å². The van der Waals surface area contributed by atoms with Gasteiger partial charge in [0.25, 0.3) is 8.32 Å². The average Bonchev–Trinajstić information content (AvgIpc) is 3.65. The van der Waals surface area contributed by atoms with E-state index in [1.54, 1.807) is 18.9 Å². The molecule has 239 valence electrons. The van der Waals surface area contributed by atoms with Crippen molar-refractivity contribution in [3.8, 4) is 34.5 Å². The lowest BCUT2D eigenvalue weighted by atomic mass is 9.76. The SMILES string of the molecule is [3H][B]SOc1cc(C2(C)C[C@@H](C(=O)N3[C@H]4C[C@]5(OC(=O)[C@@H]35)c3c(O)c(C)c5c(c34)OCO5)N2)cc(O[Si](C)(C)C(C)(C)C)c1OC. The molecule has 2 bridgehead atoms. The minimum Gasteiger partial charge on any atom is -0.541 e. The molecule has 14 heteroatoms. The monoisotopic (exact) mass is 655 g/mol. The number of phenols is 1. The normalized spacial score (nSPS) is 29.2. The molecule has 2 N–H and O–H groups in total. The predicted octanol–water partition coefficient (Wildman–Crippen LogP) is 4.35. The summed E-state index contributed by atoms with van der Waals surface area (Å²) in [5.74, 6) is 1.69. The average molecular weight is 656 g/mol. The van der Waals surface area contributed by atoms with Crippen LogP contribution in [0.2, 0.25) is 18.1 Å². The van der Waals surface area contributed by atoms with Crippen LogP contribution in [0.3, 0.4) is 0 Å². The fourth-order valence-electron chi connectivity index (χ4n) is 7.35. The summed E-state index contributed by atoms with van der Waals surface area (Å²) in [6, 6.07) is 1.89. The van der Waals surface area contributed by atoms with Crippen molar-refractivity contribution in [1.82, 2.24) is 10.2 Å². The first-order valence-electron chi connectivity index (χ1n) is 15.6. The van der Waals surface area contributed by atoms with Crippen molar-refractivity contribution >= 4 is 39.2 Å². The van der Waals surface area contributed by atoms with E-state index < -0.39 is 43.6 Å². The summed E-state index contributed by atoms with van der Waals surface area (Å²) in [7, 11) is 0.359. The van der Waals surface area contributed by atoms with E-state index in [1.165, 1.54) is 0 Å². The molecule has 1 radical (unpaired) electrons. The molecule has 1 aliphatic carbocycles. The van der Waals surface area contributed by atoms with Gasteiger partial charge in [0.1, 0.15) is 5.75 Å². The Bertz CT molecular complexity index is 1680. The molecular formula is C31H38BN2O9SSi. The third-order valence-electron chi connectivity index (χ3n) is 10.7. The Morgan fingerprint density at radius 1 is 1.24 bits per heavy atom. The second-order valence-corrected chi connectivity index (χ2v) is 19.4. The summed E-state index contributed by atoms with van der Waals surface area (Å²) >= 11 is 0.864. The molecule has 4 aliphatic heterocycles. The molecule has 0 saturated carbocycles. The molecule has 5 atom stereocenters. The van der Waals surface area contributed by atoms with Crippen LogP contribution >= 0.6 is 11.9 Å². The van der Waals surface area contributed by atoms with Crippen LogP contribution in [-0.2, 0) is 25.5 Å². The quantitative estimate of drug-likeness (QED) is 0.240. The van der Waals surface area contributed by atoms with Crippen molar-refractivity contribution in [2.75, 3.05) is 13.9 Å². The number of phenolic OH excluding ortho intramolecular Hbond substituents is 1. The van der Waals surface area contributed by atoms with Crippen LogP contribution in [0.25, 0.3) is 0 Å². The second kappa shape index (κ2) is 9.65. The zero-order chi connectivity index (χ0) is 33.1. The first-order valence-corrected chi connectivity index (χ1v) is 18.7. The van der Waals surface area contributed by atoms with Gasteiger partial charge in [0, 0.05) is 28.7 Å². The highest BCUT2D eigenvalue weighted by Crippen LogP contribution is 2.69. The fraction of sp³-hybridized carbons (Fsp3) is 0.548. The minimum absolute atomic E-state index is 0.0124. The van der Waals surface area contributed by atoms with Crippen LogP contribution in [0.5, 0.6) is 34.5 Å². The number of rotatable bonds is 8. The molecule has 5 aliphatic rings. The van der Waals surface area contributed by atoms with Crippen molar-refractivity contribution in [3.63, 3.8) is 0 Å². The molecule has 4 heterocycles. The van der Waals surface area contributed by atoms with Gasteiger partial charge in [-0.3, -0.25) is 10.1 Å². The van der Waals surface area contributed by atoms with E-state index in [1.807, 2.05) is 19.1 Å². The molecule has 1 unspecified atom stereocenters. The van der Waals surface area contributed by atoms with Gasteiger partial charge in [-0.15, -0.1) is 0 Å². The summed E-state index contributed by atoms with van der Waals surface area (Å²) < 4.78 is 43.0. The highest BCUT2D eigenvalue weighted by atomic mass is 32.2. The van der Waals surface area contributed by atoms with Gasteiger partial charge in [-0.1, -0.05) is 20.8 Å². The van der Waals surface area contributed by atoms with Crippen LogP contribution in [0.1, 0.15) is 68.8 Å². The number of aromatic hydroxyl groups is 1.